The summed E-state index contributed by atoms with van der Waals surface area (Å²) in [6, 6.07) is 0. The van der Waals surface area contributed by atoms with E-state index < -0.39 is 0 Å². The molecule has 0 unspecified atom stereocenters. The van der Waals surface area contributed by atoms with Gasteiger partial charge in [0.25, 0.3) is 0 Å². The molecule has 0 aliphatic carbocycles. The van der Waals surface area contributed by atoms with Crippen molar-refractivity contribution in [2.24, 2.45) is 11.8 Å². The fourth-order valence-corrected chi connectivity index (χ4v) is 0.423. The Labute approximate surface area is 75.8 Å². The van der Waals surface area contributed by atoms with E-state index in [0.717, 1.165) is 0 Å². The van der Waals surface area contributed by atoms with Crippen molar-refractivity contribution in [1.29, 1.82) is 0 Å². The molecule has 12 heavy (non-hydrogen) atoms. The van der Waals surface area contributed by atoms with Crippen LogP contribution in [-0.2, 0) is 0 Å². The molecule has 0 radical (unpaired) electrons. The van der Waals surface area contributed by atoms with Gasteiger partial charge in [-0.3, -0.25) is 0 Å². The summed E-state index contributed by atoms with van der Waals surface area (Å²) in [5.41, 5.74) is 0. The molecular formula is C12H14. The van der Waals surface area contributed by atoms with Crippen LogP contribution in [0.4, 0.5) is 0 Å². The van der Waals surface area contributed by atoms with Crippen LogP contribution in [-0.4, -0.2) is 0 Å². The quantitative estimate of drug-likeness (QED) is 0.474. The highest BCUT2D eigenvalue weighted by molar-refractivity contribution is 5.35. The molecule has 0 aliphatic heterocycles. The van der Waals surface area contributed by atoms with E-state index in [9.17, 15) is 0 Å². The van der Waals surface area contributed by atoms with Crippen molar-refractivity contribution in [1.82, 2.24) is 0 Å². The van der Waals surface area contributed by atoms with E-state index in [4.69, 9.17) is 0 Å². The summed E-state index contributed by atoms with van der Waals surface area (Å²) in [6.45, 7) is 8.14. The average Bonchev–Trinajstić information content (AvgIpc) is 1.95. The van der Waals surface area contributed by atoms with Gasteiger partial charge in [0.15, 0.2) is 0 Å². The van der Waals surface area contributed by atoms with Gasteiger partial charge in [0.05, 0.1) is 0 Å². The van der Waals surface area contributed by atoms with Crippen LogP contribution in [0.1, 0.15) is 27.7 Å². The van der Waals surface area contributed by atoms with E-state index in [1.165, 1.54) is 0 Å². The third-order valence-electron chi connectivity index (χ3n) is 0.909. The Morgan fingerprint density at radius 1 is 0.583 bits per heavy atom. The number of hydrogen-bond acceptors (Lipinski definition) is 0. The van der Waals surface area contributed by atoms with E-state index in [1.807, 2.05) is 27.7 Å². The second-order valence-electron chi connectivity index (χ2n) is 3.10. The molecule has 0 aromatic heterocycles. The number of hydrogen-bond donors (Lipinski definition) is 0. The van der Waals surface area contributed by atoms with Crippen molar-refractivity contribution in [3.8, 4) is 35.5 Å². The van der Waals surface area contributed by atoms with E-state index >= 15 is 0 Å². The van der Waals surface area contributed by atoms with Crippen LogP contribution in [0.15, 0.2) is 0 Å². The summed E-state index contributed by atoms with van der Waals surface area (Å²) in [5.74, 6) is 17.5. The normalized spacial score (nSPS) is 7.50. The molecule has 0 bridgehead atoms. The summed E-state index contributed by atoms with van der Waals surface area (Å²) >= 11 is 0. The predicted molar refractivity (Wildman–Crippen MR) is 53.0 cm³/mol. The zero-order valence-electron chi connectivity index (χ0n) is 8.15. The zero-order valence-corrected chi connectivity index (χ0v) is 8.15. The molecule has 0 saturated heterocycles. The highest BCUT2D eigenvalue weighted by Crippen LogP contribution is 1.85. The minimum atomic E-state index is 0.386. The molecule has 0 rings (SSSR count). The molecule has 0 amide bonds. The Morgan fingerprint density at radius 3 is 1.17 bits per heavy atom. The van der Waals surface area contributed by atoms with Crippen molar-refractivity contribution >= 4 is 0 Å². The summed E-state index contributed by atoms with van der Waals surface area (Å²) in [6.07, 6.45) is 0. The maximum absolute atomic E-state index is 2.94. The summed E-state index contributed by atoms with van der Waals surface area (Å²) < 4.78 is 0. The second-order valence-corrected chi connectivity index (χ2v) is 3.10. The third-order valence-corrected chi connectivity index (χ3v) is 0.909. The fourth-order valence-electron chi connectivity index (χ4n) is 0.423. The van der Waals surface area contributed by atoms with Crippen LogP contribution in [0.25, 0.3) is 0 Å². The lowest BCUT2D eigenvalue weighted by Gasteiger charge is -1.82. The molecule has 0 aromatic rings. The molecule has 0 heteroatoms. The molecule has 0 aliphatic rings. The van der Waals surface area contributed by atoms with Gasteiger partial charge in [-0.1, -0.05) is 39.5 Å². The molecule has 62 valence electrons. The van der Waals surface area contributed by atoms with E-state index in [1.54, 1.807) is 0 Å². The third kappa shape index (κ3) is 8.68. The molecule has 0 saturated carbocycles. The van der Waals surface area contributed by atoms with Crippen molar-refractivity contribution in [3.05, 3.63) is 0 Å². The Balaban J connectivity index is 3.96. The summed E-state index contributed by atoms with van der Waals surface area (Å²) in [4.78, 5) is 0. The van der Waals surface area contributed by atoms with Gasteiger partial charge in [0.1, 0.15) is 0 Å². The molecule has 0 aromatic carbocycles. The fraction of sp³-hybridized carbons (Fsp3) is 0.500. The maximum atomic E-state index is 2.94. The van der Waals surface area contributed by atoms with Crippen LogP contribution in [0.2, 0.25) is 0 Å². The van der Waals surface area contributed by atoms with Gasteiger partial charge in [-0.15, -0.1) is 0 Å². The SMILES string of the molecule is CC(C)C#CC#CC#CC(C)C. The first-order valence-electron chi connectivity index (χ1n) is 4.14. The van der Waals surface area contributed by atoms with Gasteiger partial charge in [-0.2, -0.15) is 0 Å². The molecule has 0 spiro atoms. The first-order valence-corrected chi connectivity index (χ1v) is 4.14. The van der Waals surface area contributed by atoms with Gasteiger partial charge in [-0.25, -0.2) is 0 Å². The molecule has 0 fully saturated rings. The topological polar surface area (TPSA) is 0 Å². The summed E-state index contributed by atoms with van der Waals surface area (Å²) in [5, 5.41) is 0. The number of rotatable bonds is 0. The lowest BCUT2D eigenvalue weighted by molar-refractivity contribution is 0.867. The zero-order chi connectivity index (χ0) is 9.40. The van der Waals surface area contributed by atoms with Crippen LogP contribution in [0.3, 0.4) is 0 Å². The Kier molecular flexibility index (Phi) is 5.69. The standard InChI is InChI=1S/C12H14/c1-11(2)9-7-5-6-8-10-12(3)4/h11-12H,1-4H3. The van der Waals surface area contributed by atoms with E-state index in [-0.39, 0.29) is 0 Å². The molecule has 0 heterocycles. The van der Waals surface area contributed by atoms with Crippen LogP contribution >= 0.6 is 0 Å². The lowest BCUT2D eigenvalue weighted by Crippen LogP contribution is -1.76. The maximum Gasteiger partial charge on any atom is 0.0156 e. The van der Waals surface area contributed by atoms with Gasteiger partial charge >= 0.3 is 0 Å². The van der Waals surface area contributed by atoms with Gasteiger partial charge in [0, 0.05) is 11.8 Å². The van der Waals surface area contributed by atoms with Gasteiger partial charge in [0.2, 0.25) is 0 Å². The van der Waals surface area contributed by atoms with Crippen molar-refractivity contribution in [2.45, 2.75) is 27.7 Å². The average molecular weight is 158 g/mol. The van der Waals surface area contributed by atoms with Crippen molar-refractivity contribution in [2.75, 3.05) is 0 Å². The molecule has 0 atom stereocenters. The first-order chi connectivity index (χ1) is 5.63. The van der Waals surface area contributed by atoms with Crippen LogP contribution in [0.5, 0.6) is 0 Å². The van der Waals surface area contributed by atoms with Crippen LogP contribution < -0.4 is 0 Å². The minimum absolute atomic E-state index is 0.386. The van der Waals surface area contributed by atoms with Gasteiger partial charge < -0.3 is 0 Å². The van der Waals surface area contributed by atoms with Gasteiger partial charge in [-0.05, 0) is 23.7 Å². The minimum Gasteiger partial charge on any atom is -0.0862 e. The highest BCUT2D eigenvalue weighted by Gasteiger charge is 1.78. The second kappa shape index (κ2) is 6.39. The largest absolute Gasteiger partial charge is 0.0862 e. The highest BCUT2D eigenvalue weighted by atomic mass is 13.8. The molecule has 0 N–H and O–H groups in total. The predicted octanol–water partition coefficient (Wildman–Crippen LogP) is 2.31. The molecule has 0 nitrogen and oxygen atoms in total. The van der Waals surface area contributed by atoms with Crippen LogP contribution in [0, 0.1) is 47.4 Å². The monoisotopic (exact) mass is 158 g/mol. The Hall–Kier alpha value is -1.32. The Morgan fingerprint density at radius 2 is 0.917 bits per heavy atom. The summed E-state index contributed by atoms with van der Waals surface area (Å²) in [7, 11) is 0. The Bertz CT molecular complexity index is 256. The van der Waals surface area contributed by atoms with Crippen molar-refractivity contribution in [3.63, 3.8) is 0 Å². The van der Waals surface area contributed by atoms with E-state index in [2.05, 4.69) is 35.5 Å². The smallest absolute Gasteiger partial charge is 0.0156 e. The molecular weight excluding hydrogens is 144 g/mol. The first kappa shape index (κ1) is 10.7. The van der Waals surface area contributed by atoms with Crippen molar-refractivity contribution < 1.29 is 0 Å². The lowest BCUT2D eigenvalue weighted by atomic mass is 10.2. The van der Waals surface area contributed by atoms with E-state index in [0.29, 0.717) is 11.8 Å².